The molecule has 0 radical (unpaired) electrons. The number of halogens is 1. The second-order valence-electron chi connectivity index (χ2n) is 9.42. The Bertz CT molecular complexity index is 2150. The number of hydrogen-bond acceptors (Lipinski definition) is 2. The number of benzene rings is 6. The van der Waals surface area contributed by atoms with Gasteiger partial charge in [-0.3, -0.25) is 0 Å². The molecule has 0 spiro atoms. The van der Waals surface area contributed by atoms with Gasteiger partial charge in [0.05, 0.1) is 0 Å². The highest BCUT2D eigenvalue weighted by atomic mass is 79.9. The second kappa shape index (κ2) is 7.83. The fourth-order valence-electron chi connectivity index (χ4n) is 5.69. The highest BCUT2D eigenvalue weighted by Crippen LogP contribution is 2.47. The van der Waals surface area contributed by atoms with Crippen LogP contribution >= 0.6 is 15.9 Å². The summed E-state index contributed by atoms with van der Waals surface area (Å²) >= 11 is 3.60. The Morgan fingerprint density at radius 3 is 1.84 bits per heavy atom. The first-order valence-corrected chi connectivity index (χ1v) is 13.1. The largest absolute Gasteiger partial charge is 0.456 e. The van der Waals surface area contributed by atoms with Crippen LogP contribution in [0.3, 0.4) is 0 Å². The van der Waals surface area contributed by atoms with E-state index in [1.807, 2.05) is 18.2 Å². The lowest BCUT2D eigenvalue weighted by Crippen LogP contribution is -1.84. The van der Waals surface area contributed by atoms with Gasteiger partial charge < -0.3 is 8.83 Å². The molecule has 2 aromatic heterocycles. The van der Waals surface area contributed by atoms with E-state index in [2.05, 4.69) is 113 Å². The van der Waals surface area contributed by atoms with E-state index >= 15 is 0 Å². The van der Waals surface area contributed by atoms with Gasteiger partial charge in [-0.2, -0.15) is 0 Å². The number of furan rings is 2. The topological polar surface area (TPSA) is 26.3 Å². The van der Waals surface area contributed by atoms with Crippen molar-refractivity contribution in [2.24, 2.45) is 0 Å². The minimum Gasteiger partial charge on any atom is -0.456 e. The van der Waals surface area contributed by atoms with Crippen molar-refractivity contribution in [3.63, 3.8) is 0 Å². The van der Waals surface area contributed by atoms with Crippen LogP contribution in [0.2, 0.25) is 0 Å². The Kier molecular flexibility index (Phi) is 4.40. The van der Waals surface area contributed by atoms with Crippen LogP contribution in [-0.2, 0) is 0 Å². The summed E-state index contributed by atoms with van der Waals surface area (Å²) in [4.78, 5) is 0. The molecule has 0 bridgehead atoms. The quantitative estimate of drug-likeness (QED) is 0.204. The van der Waals surface area contributed by atoms with Crippen LogP contribution in [0, 0.1) is 0 Å². The molecule has 37 heavy (non-hydrogen) atoms. The molecule has 0 fully saturated rings. The summed E-state index contributed by atoms with van der Waals surface area (Å²) in [5, 5.41) is 8.09. The van der Waals surface area contributed by atoms with E-state index in [1.54, 1.807) is 0 Å². The Morgan fingerprint density at radius 2 is 1.05 bits per heavy atom. The zero-order chi connectivity index (χ0) is 24.5. The highest BCUT2D eigenvalue weighted by Gasteiger charge is 2.23. The van der Waals surface area contributed by atoms with Gasteiger partial charge in [0.1, 0.15) is 22.5 Å². The Balaban J connectivity index is 1.53. The van der Waals surface area contributed by atoms with Gasteiger partial charge in [0, 0.05) is 37.1 Å². The van der Waals surface area contributed by atoms with Gasteiger partial charge in [0.25, 0.3) is 0 Å². The van der Waals surface area contributed by atoms with Crippen LogP contribution in [0.4, 0.5) is 0 Å². The summed E-state index contributed by atoms with van der Waals surface area (Å²) in [6, 6.07) is 40.2. The molecule has 0 saturated heterocycles. The highest BCUT2D eigenvalue weighted by molar-refractivity contribution is 9.10. The minimum atomic E-state index is 0.848. The van der Waals surface area contributed by atoms with E-state index in [-0.39, 0.29) is 0 Å². The molecule has 0 aliphatic heterocycles. The van der Waals surface area contributed by atoms with Gasteiger partial charge in [-0.1, -0.05) is 101 Å². The van der Waals surface area contributed by atoms with E-state index in [0.29, 0.717) is 0 Å². The maximum atomic E-state index is 6.86. The monoisotopic (exact) mass is 538 g/mol. The van der Waals surface area contributed by atoms with E-state index in [1.165, 1.54) is 16.2 Å². The number of para-hydroxylation sites is 1. The lowest BCUT2D eigenvalue weighted by atomic mass is 9.92. The summed E-state index contributed by atoms with van der Waals surface area (Å²) < 4.78 is 14.1. The standard InChI is InChI=1S/C34H19BrO2/c35-22-16-13-20(14-17-22)31-32-27-10-3-1-7-23(27)24-8-2-4-11-28(24)34(32)37-33(31)21-15-18-26-25-9-5-6-12-29(25)36-30(26)19-21/h1-19H. The molecule has 8 rings (SSSR count). The van der Waals surface area contributed by atoms with Crippen LogP contribution < -0.4 is 0 Å². The predicted molar refractivity (Wildman–Crippen MR) is 157 cm³/mol. The van der Waals surface area contributed by atoms with Crippen molar-refractivity contribution in [1.29, 1.82) is 0 Å². The van der Waals surface area contributed by atoms with Crippen LogP contribution in [0.1, 0.15) is 0 Å². The van der Waals surface area contributed by atoms with Gasteiger partial charge in [0.15, 0.2) is 0 Å². The molecule has 2 heterocycles. The molecule has 2 nitrogen and oxygen atoms in total. The predicted octanol–water partition coefficient (Wildman–Crippen LogP) is 10.7. The third-order valence-corrected chi connectivity index (χ3v) is 7.87. The minimum absolute atomic E-state index is 0.848. The molecular formula is C34H19BrO2. The fourth-order valence-corrected chi connectivity index (χ4v) is 5.96. The average molecular weight is 539 g/mol. The summed E-state index contributed by atoms with van der Waals surface area (Å²) in [6.45, 7) is 0. The Morgan fingerprint density at radius 1 is 0.459 bits per heavy atom. The van der Waals surface area contributed by atoms with Crippen LogP contribution in [0.5, 0.6) is 0 Å². The first kappa shape index (κ1) is 20.8. The molecule has 0 saturated carbocycles. The van der Waals surface area contributed by atoms with Crippen LogP contribution in [0.25, 0.3) is 76.9 Å². The number of hydrogen-bond donors (Lipinski definition) is 0. The maximum Gasteiger partial charge on any atom is 0.143 e. The van der Waals surface area contributed by atoms with Gasteiger partial charge in [-0.15, -0.1) is 0 Å². The van der Waals surface area contributed by atoms with Crippen molar-refractivity contribution in [2.45, 2.75) is 0 Å². The molecule has 8 aromatic rings. The summed E-state index contributed by atoms with van der Waals surface area (Å²) in [7, 11) is 0. The Labute approximate surface area is 220 Å². The molecule has 0 amide bonds. The van der Waals surface area contributed by atoms with Crippen LogP contribution in [0.15, 0.2) is 129 Å². The first-order valence-electron chi connectivity index (χ1n) is 12.3. The molecule has 3 heteroatoms. The smallest absolute Gasteiger partial charge is 0.143 e. The van der Waals surface area contributed by atoms with Crippen molar-refractivity contribution in [3.05, 3.63) is 120 Å². The molecule has 0 N–H and O–H groups in total. The lowest BCUT2D eigenvalue weighted by molar-refractivity contribution is 0.635. The van der Waals surface area contributed by atoms with Gasteiger partial charge >= 0.3 is 0 Å². The maximum absolute atomic E-state index is 6.86. The fraction of sp³-hybridized carbons (Fsp3) is 0. The zero-order valence-corrected chi connectivity index (χ0v) is 21.3. The van der Waals surface area contributed by atoms with Crippen LogP contribution in [-0.4, -0.2) is 0 Å². The van der Waals surface area contributed by atoms with Gasteiger partial charge in [0.2, 0.25) is 0 Å². The molecule has 0 aliphatic carbocycles. The summed E-state index contributed by atoms with van der Waals surface area (Å²) in [5.74, 6) is 0.848. The van der Waals surface area contributed by atoms with E-state index in [9.17, 15) is 0 Å². The van der Waals surface area contributed by atoms with Crippen molar-refractivity contribution in [1.82, 2.24) is 0 Å². The third-order valence-electron chi connectivity index (χ3n) is 7.34. The first-order chi connectivity index (χ1) is 18.3. The van der Waals surface area contributed by atoms with Gasteiger partial charge in [-0.25, -0.2) is 0 Å². The molecule has 0 unspecified atom stereocenters. The second-order valence-corrected chi connectivity index (χ2v) is 10.3. The van der Waals surface area contributed by atoms with E-state index in [4.69, 9.17) is 8.83 Å². The van der Waals surface area contributed by atoms with E-state index in [0.717, 1.165) is 65.2 Å². The lowest BCUT2D eigenvalue weighted by Gasteiger charge is -2.08. The molecular weight excluding hydrogens is 520 g/mol. The average Bonchev–Trinajstić information content (AvgIpc) is 3.53. The number of rotatable bonds is 2. The molecule has 0 atom stereocenters. The molecule has 0 aliphatic rings. The molecule has 174 valence electrons. The third kappa shape index (κ3) is 3.04. The van der Waals surface area contributed by atoms with E-state index < -0.39 is 0 Å². The molecule has 6 aromatic carbocycles. The normalized spacial score (nSPS) is 11.9. The van der Waals surface area contributed by atoms with Gasteiger partial charge in [-0.05, 0) is 52.1 Å². The van der Waals surface area contributed by atoms with Crippen molar-refractivity contribution in [2.75, 3.05) is 0 Å². The van der Waals surface area contributed by atoms with Crippen molar-refractivity contribution < 1.29 is 8.83 Å². The van der Waals surface area contributed by atoms with Crippen molar-refractivity contribution in [3.8, 4) is 22.5 Å². The zero-order valence-electron chi connectivity index (χ0n) is 19.7. The van der Waals surface area contributed by atoms with Crippen molar-refractivity contribution >= 4 is 70.4 Å². The summed E-state index contributed by atoms with van der Waals surface area (Å²) in [6.07, 6.45) is 0. The Hall–Kier alpha value is -4.34. The summed E-state index contributed by atoms with van der Waals surface area (Å²) in [5.41, 5.74) is 5.86. The SMILES string of the molecule is Brc1ccc(-c2c(-c3ccc4c(c3)oc3ccccc34)oc3c4ccccc4c4ccccc4c23)cc1. The number of fused-ring (bicyclic) bond motifs is 9.